The number of unbranched alkanes of at least 4 members (excludes halogenated alkanes) is 1. The van der Waals surface area contributed by atoms with Gasteiger partial charge in [-0.15, -0.1) is 0 Å². The predicted octanol–water partition coefficient (Wildman–Crippen LogP) is 3.69. The molecule has 0 unspecified atom stereocenters. The van der Waals surface area contributed by atoms with Crippen molar-refractivity contribution in [2.45, 2.75) is 32.6 Å². The minimum Gasteiger partial charge on any atom is -0.352 e. The first-order valence-corrected chi connectivity index (χ1v) is 9.92. The summed E-state index contributed by atoms with van der Waals surface area (Å²) in [5.41, 5.74) is 2.34. The number of amides is 2. The van der Waals surface area contributed by atoms with Gasteiger partial charge in [-0.3, -0.25) is 9.59 Å². The lowest BCUT2D eigenvalue weighted by Crippen LogP contribution is -2.41. The summed E-state index contributed by atoms with van der Waals surface area (Å²) in [7, 11) is 1.75. The summed E-state index contributed by atoms with van der Waals surface area (Å²) in [6.07, 6.45) is 2.96. The van der Waals surface area contributed by atoms with E-state index < -0.39 is 0 Å². The minimum atomic E-state index is -0.168. The molecule has 0 atom stereocenters. The molecule has 2 rings (SSSR count). The molecule has 6 heteroatoms. The van der Waals surface area contributed by atoms with Gasteiger partial charge in [0.15, 0.2) is 5.11 Å². The maximum Gasteiger partial charge on any atom is 0.253 e. The average Bonchev–Trinajstić information content (AvgIpc) is 2.72. The Hall–Kier alpha value is -2.73. The number of anilines is 1. The lowest BCUT2D eigenvalue weighted by molar-refractivity contribution is -0.119. The largest absolute Gasteiger partial charge is 0.352 e. The van der Waals surface area contributed by atoms with Crippen LogP contribution >= 0.6 is 12.2 Å². The van der Waals surface area contributed by atoms with Crippen molar-refractivity contribution in [1.29, 1.82) is 0 Å². The number of thiocarbonyl (C=S) groups is 1. The highest BCUT2D eigenvalue weighted by Gasteiger charge is 2.17. The van der Waals surface area contributed by atoms with Crippen molar-refractivity contribution in [3.8, 4) is 0 Å². The highest BCUT2D eigenvalue weighted by atomic mass is 32.1. The molecular formula is C22H27N3O2S. The zero-order valence-corrected chi connectivity index (χ0v) is 17.2. The summed E-state index contributed by atoms with van der Waals surface area (Å²) in [5.74, 6) is -0.276. The second-order valence-corrected chi connectivity index (χ2v) is 6.91. The number of benzene rings is 2. The van der Waals surface area contributed by atoms with Crippen LogP contribution in [-0.2, 0) is 11.2 Å². The van der Waals surface area contributed by atoms with E-state index in [2.05, 4.69) is 10.6 Å². The molecule has 2 N–H and O–H groups in total. The summed E-state index contributed by atoms with van der Waals surface area (Å²) in [6, 6.07) is 17.2. The third kappa shape index (κ3) is 6.46. The molecule has 0 aromatic heterocycles. The van der Waals surface area contributed by atoms with Crippen LogP contribution in [0.15, 0.2) is 54.6 Å². The summed E-state index contributed by atoms with van der Waals surface area (Å²) in [5, 5.41) is 5.97. The lowest BCUT2D eigenvalue weighted by atomic mass is 10.1. The monoisotopic (exact) mass is 397 g/mol. The van der Waals surface area contributed by atoms with Crippen molar-refractivity contribution in [1.82, 2.24) is 10.6 Å². The van der Waals surface area contributed by atoms with Gasteiger partial charge in [-0.25, -0.2) is 0 Å². The Balaban J connectivity index is 1.99. The zero-order chi connectivity index (χ0) is 20.4. The molecule has 0 saturated heterocycles. The molecule has 0 fully saturated rings. The van der Waals surface area contributed by atoms with Crippen LogP contribution in [0.5, 0.6) is 0 Å². The highest BCUT2D eigenvalue weighted by Crippen LogP contribution is 2.19. The van der Waals surface area contributed by atoms with Crippen LogP contribution < -0.4 is 15.5 Å². The van der Waals surface area contributed by atoms with E-state index in [9.17, 15) is 9.59 Å². The fourth-order valence-corrected chi connectivity index (χ4v) is 2.94. The summed E-state index contributed by atoms with van der Waals surface area (Å²) < 4.78 is 0. The number of rotatable bonds is 8. The van der Waals surface area contributed by atoms with E-state index >= 15 is 0 Å². The molecule has 0 aliphatic rings. The van der Waals surface area contributed by atoms with Gasteiger partial charge in [0.1, 0.15) is 0 Å². The number of hydrogen-bond acceptors (Lipinski definition) is 3. The fourth-order valence-electron chi connectivity index (χ4n) is 2.73. The van der Waals surface area contributed by atoms with Gasteiger partial charge in [-0.1, -0.05) is 55.8 Å². The first-order valence-electron chi connectivity index (χ1n) is 9.51. The Kier molecular flexibility index (Phi) is 8.62. The molecule has 0 bridgehead atoms. The van der Waals surface area contributed by atoms with Crippen molar-refractivity contribution in [2.75, 3.05) is 18.5 Å². The molecular weight excluding hydrogens is 370 g/mol. The Bertz CT molecular complexity index is 808. The van der Waals surface area contributed by atoms with Gasteiger partial charge in [0.25, 0.3) is 5.91 Å². The van der Waals surface area contributed by atoms with E-state index in [-0.39, 0.29) is 16.9 Å². The molecule has 0 saturated carbocycles. The number of para-hydroxylation sites is 1. The molecule has 148 valence electrons. The van der Waals surface area contributed by atoms with Crippen LogP contribution in [0.4, 0.5) is 5.69 Å². The van der Waals surface area contributed by atoms with Crippen LogP contribution in [0.2, 0.25) is 0 Å². The van der Waals surface area contributed by atoms with Crippen LogP contribution in [0.1, 0.15) is 42.1 Å². The van der Waals surface area contributed by atoms with Crippen LogP contribution in [-0.4, -0.2) is 30.5 Å². The van der Waals surface area contributed by atoms with Crippen molar-refractivity contribution in [3.63, 3.8) is 0 Å². The predicted molar refractivity (Wildman–Crippen MR) is 118 cm³/mol. The molecule has 0 heterocycles. The molecule has 0 aliphatic heterocycles. The first-order chi connectivity index (χ1) is 13.5. The number of hydrogen-bond donors (Lipinski definition) is 2. The summed E-state index contributed by atoms with van der Waals surface area (Å²) in [6.45, 7) is 2.57. The Morgan fingerprint density at radius 2 is 1.71 bits per heavy atom. The Morgan fingerprint density at radius 3 is 2.43 bits per heavy atom. The minimum absolute atomic E-state index is 0.108. The summed E-state index contributed by atoms with van der Waals surface area (Å²) >= 11 is 5.35. The van der Waals surface area contributed by atoms with E-state index in [4.69, 9.17) is 12.2 Å². The molecule has 2 amide bonds. The molecule has 28 heavy (non-hydrogen) atoms. The quantitative estimate of drug-likeness (QED) is 0.667. The van der Waals surface area contributed by atoms with E-state index in [1.807, 2.05) is 55.5 Å². The van der Waals surface area contributed by atoms with Gasteiger partial charge in [-0.2, -0.15) is 0 Å². The highest BCUT2D eigenvalue weighted by molar-refractivity contribution is 7.80. The van der Waals surface area contributed by atoms with Gasteiger partial charge in [0.05, 0.1) is 11.3 Å². The molecule has 2 aromatic carbocycles. The average molecular weight is 398 g/mol. The van der Waals surface area contributed by atoms with Crippen molar-refractivity contribution in [3.05, 3.63) is 65.7 Å². The number of carbonyl (C=O) groups is 2. The maximum atomic E-state index is 12.7. The lowest BCUT2D eigenvalue weighted by Gasteiger charge is -2.23. The topological polar surface area (TPSA) is 61.4 Å². The molecule has 0 spiro atoms. The number of nitrogens with one attached hydrogen (secondary N) is 2. The van der Waals surface area contributed by atoms with Crippen molar-refractivity contribution in [2.24, 2.45) is 0 Å². The van der Waals surface area contributed by atoms with Crippen molar-refractivity contribution < 1.29 is 9.59 Å². The van der Waals surface area contributed by atoms with E-state index in [0.29, 0.717) is 24.2 Å². The number of carbonyl (C=O) groups excluding carboxylic acids is 2. The molecule has 0 aliphatic carbocycles. The smallest absolute Gasteiger partial charge is 0.253 e. The molecule has 5 nitrogen and oxygen atoms in total. The Morgan fingerprint density at radius 1 is 1.04 bits per heavy atom. The third-order valence-corrected chi connectivity index (χ3v) is 4.74. The zero-order valence-electron chi connectivity index (χ0n) is 16.4. The third-order valence-electron chi connectivity index (χ3n) is 4.36. The van der Waals surface area contributed by atoms with Crippen LogP contribution in [0.25, 0.3) is 0 Å². The van der Waals surface area contributed by atoms with Crippen molar-refractivity contribution >= 4 is 34.8 Å². The van der Waals surface area contributed by atoms with Gasteiger partial charge in [0, 0.05) is 20.0 Å². The van der Waals surface area contributed by atoms with Gasteiger partial charge >= 0.3 is 0 Å². The summed E-state index contributed by atoms with van der Waals surface area (Å²) in [4.78, 5) is 26.3. The molecule has 0 radical (unpaired) electrons. The first kappa shape index (κ1) is 21.6. The normalized spacial score (nSPS) is 10.2. The SMILES string of the molecule is CCCCC(=O)NC(=S)N(C)c1ccccc1C(=O)NCCc1ccccc1. The Labute approximate surface area is 172 Å². The second-order valence-electron chi connectivity index (χ2n) is 6.52. The molecule has 2 aromatic rings. The second kappa shape index (κ2) is 11.2. The van der Waals surface area contributed by atoms with E-state index in [1.54, 1.807) is 18.0 Å². The van der Waals surface area contributed by atoms with E-state index in [0.717, 1.165) is 19.3 Å². The fraction of sp³-hybridized carbons (Fsp3) is 0.318. The maximum absolute atomic E-state index is 12.7. The van der Waals surface area contributed by atoms with Gasteiger partial charge in [0.2, 0.25) is 5.91 Å². The van der Waals surface area contributed by atoms with Crippen LogP contribution in [0, 0.1) is 0 Å². The standard InChI is InChI=1S/C22H27N3O2S/c1-3-4-14-20(26)24-22(28)25(2)19-13-9-8-12-18(19)21(27)23-16-15-17-10-6-5-7-11-17/h5-13H,3-4,14-16H2,1-2H3,(H,23,27)(H,24,26,28). The number of nitrogens with zero attached hydrogens (tertiary/aromatic N) is 1. The van der Waals surface area contributed by atoms with Gasteiger partial charge < -0.3 is 15.5 Å². The van der Waals surface area contributed by atoms with Crippen LogP contribution in [0.3, 0.4) is 0 Å². The van der Waals surface area contributed by atoms with E-state index in [1.165, 1.54) is 5.56 Å². The van der Waals surface area contributed by atoms with Gasteiger partial charge in [-0.05, 0) is 42.8 Å².